The highest BCUT2D eigenvalue weighted by Gasteiger charge is 2.23. The fourth-order valence-corrected chi connectivity index (χ4v) is 3.12. The van der Waals surface area contributed by atoms with Gasteiger partial charge in [0, 0.05) is 35.2 Å². The van der Waals surface area contributed by atoms with Crippen molar-refractivity contribution in [1.29, 1.82) is 0 Å². The number of carbonyl (C=O) groups excluding carboxylic acids is 3. The number of non-ortho nitro benzene ring substituents is 1. The van der Waals surface area contributed by atoms with Crippen molar-refractivity contribution < 1.29 is 24.0 Å². The van der Waals surface area contributed by atoms with Crippen LogP contribution < -0.4 is 5.32 Å². The van der Waals surface area contributed by atoms with Crippen LogP contribution in [0.25, 0.3) is 0 Å². The van der Waals surface area contributed by atoms with Gasteiger partial charge in [-0.3, -0.25) is 19.7 Å². The molecule has 0 saturated heterocycles. The van der Waals surface area contributed by atoms with Crippen molar-refractivity contribution in [3.63, 3.8) is 0 Å². The Morgan fingerprint density at radius 1 is 0.906 bits per heavy atom. The lowest BCUT2D eigenvalue weighted by molar-refractivity contribution is -0.384. The van der Waals surface area contributed by atoms with E-state index in [2.05, 4.69) is 5.32 Å². The second-order valence-corrected chi connectivity index (χ2v) is 6.95. The summed E-state index contributed by atoms with van der Waals surface area (Å²) in [6, 6.07) is 19.8. The molecule has 0 fully saturated rings. The van der Waals surface area contributed by atoms with Crippen LogP contribution in [0.15, 0.2) is 78.9 Å². The number of ether oxygens (including phenoxy) is 1. The molecule has 0 bridgehead atoms. The maximum atomic E-state index is 12.6. The zero-order chi connectivity index (χ0) is 23.1. The Morgan fingerprint density at radius 2 is 1.53 bits per heavy atom. The van der Waals surface area contributed by atoms with E-state index in [1.54, 1.807) is 48.5 Å². The van der Waals surface area contributed by atoms with E-state index in [0.717, 1.165) is 6.07 Å². The maximum absolute atomic E-state index is 12.6. The van der Waals surface area contributed by atoms with Crippen molar-refractivity contribution in [3.05, 3.63) is 111 Å². The Bertz CT molecular complexity index is 1140. The number of rotatable bonds is 8. The number of ketones is 1. The largest absolute Gasteiger partial charge is 0.467 e. The normalized spacial score (nSPS) is 11.3. The average molecular weight is 432 g/mol. The van der Waals surface area contributed by atoms with Crippen LogP contribution in [-0.2, 0) is 16.0 Å². The van der Waals surface area contributed by atoms with Crippen LogP contribution in [0, 0.1) is 10.1 Å². The molecule has 1 amide bonds. The molecule has 0 spiro atoms. The van der Waals surface area contributed by atoms with Gasteiger partial charge >= 0.3 is 5.97 Å². The van der Waals surface area contributed by atoms with E-state index in [-0.39, 0.29) is 23.5 Å². The average Bonchev–Trinajstić information content (AvgIpc) is 2.83. The van der Waals surface area contributed by atoms with E-state index in [0.29, 0.717) is 16.7 Å². The van der Waals surface area contributed by atoms with E-state index in [1.807, 2.05) is 6.07 Å². The summed E-state index contributed by atoms with van der Waals surface area (Å²) in [5.74, 6) is -1.42. The standard InChI is InChI=1S/C24H20N2O6/c1-32-24(29)21(25-23(28)19-8-5-9-20(15-19)26(30)31)14-16-10-12-18(13-11-16)22(27)17-6-3-2-4-7-17/h2-13,15,21H,14H2,1H3,(H,25,28)/t21-/m0/s1. The van der Waals surface area contributed by atoms with Gasteiger partial charge in [-0.05, 0) is 11.6 Å². The van der Waals surface area contributed by atoms with Crippen LogP contribution in [0.1, 0.15) is 31.8 Å². The van der Waals surface area contributed by atoms with Gasteiger partial charge in [0.25, 0.3) is 11.6 Å². The molecule has 0 aliphatic heterocycles. The third-order valence-electron chi connectivity index (χ3n) is 4.80. The van der Waals surface area contributed by atoms with Crippen LogP contribution in [0.2, 0.25) is 0 Å². The number of hydrogen-bond acceptors (Lipinski definition) is 6. The SMILES string of the molecule is COC(=O)[C@H](Cc1ccc(C(=O)c2ccccc2)cc1)NC(=O)c1cccc([N+](=O)[O-])c1. The van der Waals surface area contributed by atoms with E-state index in [1.165, 1.54) is 25.3 Å². The van der Waals surface area contributed by atoms with Crippen LogP contribution >= 0.6 is 0 Å². The zero-order valence-corrected chi connectivity index (χ0v) is 17.2. The summed E-state index contributed by atoms with van der Waals surface area (Å²) >= 11 is 0. The molecule has 8 heteroatoms. The summed E-state index contributed by atoms with van der Waals surface area (Å²) in [5.41, 5.74) is 1.58. The Morgan fingerprint density at radius 3 is 2.16 bits per heavy atom. The zero-order valence-electron chi connectivity index (χ0n) is 17.2. The second-order valence-electron chi connectivity index (χ2n) is 6.95. The van der Waals surface area contributed by atoms with Gasteiger partial charge in [0.15, 0.2) is 5.78 Å². The summed E-state index contributed by atoms with van der Waals surface area (Å²) in [6.45, 7) is 0. The number of nitrogens with zero attached hydrogens (tertiary/aromatic N) is 1. The molecule has 3 rings (SSSR count). The fourth-order valence-electron chi connectivity index (χ4n) is 3.12. The van der Waals surface area contributed by atoms with Crippen molar-refractivity contribution in [2.24, 2.45) is 0 Å². The number of nitro benzene ring substituents is 1. The number of benzene rings is 3. The molecule has 0 aliphatic rings. The van der Waals surface area contributed by atoms with Gasteiger partial charge in [0.05, 0.1) is 12.0 Å². The highest BCUT2D eigenvalue weighted by molar-refractivity contribution is 6.09. The van der Waals surface area contributed by atoms with Crippen molar-refractivity contribution >= 4 is 23.3 Å². The lowest BCUT2D eigenvalue weighted by atomic mass is 9.99. The van der Waals surface area contributed by atoms with Gasteiger partial charge in [-0.2, -0.15) is 0 Å². The molecular formula is C24H20N2O6. The van der Waals surface area contributed by atoms with E-state index in [9.17, 15) is 24.5 Å². The first kappa shape index (κ1) is 22.4. The van der Waals surface area contributed by atoms with E-state index >= 15 is 0 Å². The van der Waals surface area contributed by atoms with Gasteiger partial charge in [-0.25, -0.2) is 4.79 Å². The first-order valence-corrected chi connectivity index (χ1v) is 9.71. The number of nitrogens with one attached hydrogen (secondary N) is 1. The summed E-state index contributed by atoms with van der Waals surface area (Å²) < 4.78 is 4.79. The quantitative estimate of drug-likeness (QED) is 0.253. The number of hydrogen-bond donors (Lipinski definition) is 1. The van der Waals surface area contributed by atoms with Crippen molar-refractivity contribution in [3.8, 4) is 0 Å². The van der Waals surface area contributed by atoms with Gasteiger partial charge < -0.3 is 10.1 Å². The lowest BCUT2D eigenvalue weighted by Crippen LogP contribution is -2.43. The first-order valence-electron chi connectivity index (χ1n) is 9.71. The molecule has 0 aromatic heterocycles. The van der Waals surface area contributed by atoms with Crippen LogP contribution in [0.3, 0.4) is 0 Å². The van der Waals surface area contributed by atoms with Gasteiger partial charge in [-0.1, -0.05) is 60.7 Å². The molecule has 3 aromatic rings. The highest BCUT2D eigenvalue weighted by atomic mass is 16.6. The molecule has 0 saturated carbocycles. The minimum Gasteiger partial charge on any atom is -0.467 e. The summed E-state index contributed by atoms with van der Waals surface area (Å²) in [6.07, 6.45) is 0.118. The maximum Gasteiger partial charge on any atom is 0.328 e. The Kier molecular flexibility index (Phi) is 7.07. The number of methoxy groups -OCH3 is 1. The molecular weight excluding hydrogens is 412 g/mol. The molecule has 8 nitrogen and oxygen atoms in total. The predicted octanol–water partition coefficient (Wildman–Crippen LogP) is 3.34. The first-order chi connectivity index (χ1) is 15.4. The van der Waals surface area contributed by atoms with Gasteiger partial charge in [0.2, 0.25) is 0 Å². The Labute approximate surface area is 184 Å². The topological polar surface area (TPSA) is 116 Å². The van der Waals surface area contributed by atoms with Gasteiger partial charge in [-0.15, -0.1) is 0 Å². The highest BCUT2D eigenvalue weighted by Crippen LogP contribution is 2.15. The van der Waals surface area contributed by atoms with Crippen molar-refractivity contribution in [2.75, 3.05) is 7.11 Å². The van der Waals surface area contributed by atoms with E-state index in [4.69, 9.17) is 4.74 Å². The summed E-state index contributed by atoms with van der Waals surface area (Å²) in [5, 5.41) is 13.5. The lowest BCUT2D eigenvalue weighted by Gasteiger charge is -2.17. The smallest absolute Gasteiger partial charge is 0.328 e. The molecule has 1 atom stereocenters. The number of carbonyl (C=O) groups is 3. The number of nitro groups is 1. The van der Waals surface area contributed by atoms with E-state index < -0.39 is 22.8 Å². The molecule has 0 radical (unpaired) electrons. The molecule has 3 aromatic carbocycles. The summed E-state index contributed by atoms with van der Waals surface area (Å²) in [4.78, 5) is 47.6. The third-order valence-corrected chi connectivity index (χ3v) is 4.80. The summed E-state index contributed by atoms with van der Waals surface area (Å²) in [7, 11) is 1.20. The van der Waals surface area contributed by atoms with Crippen LogP contribution in [0.4, 0.5) is 5.69 Å². The molecule has 0 unspecified atom stereocenters. The number of esters is 1. The Hall–Kier alpha value is -4.33. The monoisotopic (exact) mass is 432 g/mol. The van der Waals surface area contributed by atoms with Crippen LogP contribution in [-0.4, -0.2) is 35.7 Å². The second kappa shape index (κ2) is 10.1. The third kappa shape index (κ3) is 5.42. The molecule has 32 heavy (non-hydrogen) atoms. The molecule has 162 valence electrons. The van der Waals surface area contributed by atoms with Crippen molar-refractivity contribution in [2.45, 2.75) is 12.5 Å². The Balaban J connectivity index is 1.74. The fraction of sp³-hybridized carbons (Fsp3) is 0.125. The van der Waals surface area contributed by atoms with Crippen molar-refractivity contribution in [1.82, 2.24) is 5.32 Å². The molecule has 0 aliphatic carbocycles. The minimum atomic E-state index is -1.01. The molecule has 0 heterocycles. The number of amides is 1. The van der Waals surface area contributed by atoms with Gasteiger partial charge in [0.1, 0.15) is 6.04 Å². The molecule has 1 N–H and O–H groups in total. The minimum absolute atomic E-state index is 0.0527. The van der Waals surface area contributed by atoms with Crippen LogP contribution in [0.5, 0.6) is 0 Å². The predicted molar refractivity (Wildman–Crippen MR) is 116 cm³/mol.